The zero-order valence-electron chi connectivity index (χ0n) is 12.3. The van der Waals surface area contributed by atoms with Crippen molar-refractivity contribution in [3.8, 4) is 0 Å². The summed E-state index contributed by atoms with van der Waals surface area (Å²) in [4.78, 5) is 23.9. The molecule has 0 aromatic rings. The summed E-state index contributed by atoms with van der Waals surface area (Å²) < 4.78 is 10.2. The molecule has 0 heterocycles. The van der Waals surface area contributed by atoms with Crippen LogP contribution in [-0.2, 0) is 19.1 Å². The Labute approximate surface area is 115 Å². The molecule has 0 radical (unpaired) electrons. The highest BCUT2D eigenvalue weighted by Crippen LogP contribution is 2.27. The minimum Gasteiger partial charge on any atom is -0.459 e. The topological polar surface area (TPSA) is 52.6 Å². The van der Waals surface area contributed by atoms with E-state index in [1.165, 1.54) is 0 Å². The van der Waals surface area contributed by atoms with E-state index in [2.05, 4.69) is 0 Å². The van der Waals surface area contributed by atoms with E-state index in [1.54, 1.807) is 33.8 Å². The normalized spacial score (nSPS) is 15.7. The first-order chi connectivity index (χ1) is 8.90. The van der Waals surface area contributed by atoms with Crippen molar-refractivity contribution in [3.63, 3.8) is 0 Å². The van der Waals surface area contributed by atoms with Crippen LogP contribution in [0.1, 0.15) is 53.4 Å². The monoisotopic (exact) mass is 268 g/mol. The maximum Gasteiger partial charge on any atom is 0.345 e. The number of hydrogen-bond donors (Lipinski definition) is 0. The van der Waals surface area contributed by atoms with Gasteiger partial charge in [0.25, 0.3) is 0 Å². The van der Waals surface area contributed by atoms with Crippen LogP contribution in [0, 0.1) is 5.92 Å². The average Bonchev–Trinajstić information content (AvgIpc) is 2.76. The zero-order valence-corrected chi connectivity index (χ0v) is 12.3. The van der Waals surface area contributed by atoms with Crippen LogP contribution in [0.5, 0.6) is 0 Å². The summed E-state index contributed by atoms with van der Waals surface area (Å²) >= 11 is 0. The van der Waals surface area contributed by atoms with E-state index in [1.807, 2.05) is 0 Å². The molecule has 0 unspecified atom stereocenters. The fraction of sp³-hybridized carbons (Fsp3) is 0.733. The second kappa shape index (κ2) is 7.31. The molecule has 1 rings (SSSR count). The summed E-state index contributed by atoms with van der Waals surface area (Å²) in [6, 6.07) is 0. The predicted octanol–water partition coefficient (Wildman–Crippen LogP) is 3.01. The van der Waals surface area contributed by atoms with Gasteiger partial charge in [-0.2, -0.15) is 0 Å². The van der Waals surface area contributed by atoms with Crippen molar-refractivity contribution in [2.45, 2.75) is 65.6 Å². The summed E-state index contributed by atoms with van der Waals surface area (Å²) in [7, 11) is 0. The van der Waals surface area contributed by atoms with Crippen molar-refractivity contribution in [3.05, 3.63) is 11.6 Å². The maximum atomic E-state index is 12.0. The Morgan fingerprint density at radius 1 is 0.947 bits per heavy atom. The lowest BCUT2D eigenvalue weighted by atomic mass is 10.0. The van der Waals surface area contributed by atoms with Crippen molar-refractivity contribution in [2.24, 2.45) is 5.92 Å². The molecule has 1 fully saturated rings. The minimum absolute atomic E-state index is 0.0503. The SMILES string of the molecule is CC(C)OC(=O)C(=CC1CCCC1)C(=O)OC(C)C. The van der Waals surface area contributed by atoms with Crippen LogP contribution in [0.2, 0.25) is 0 Å². The zero-order chi connectivity index (χ0) is 14.4. The minimum atomic E-state index is -0.576. The average molecular weight is 268 g/mol. The van der Waals surface area contributed by atoms with E-state index in [0.29, 0.717) is 0 Å². The van der Waals surface area contributed by atoms with Gasteiger partial charge in [0.2, 0.25) is 0 Å². The molecular formula is C15H24O4. The molecule has 1 saturated carbocycles. The van der Waals surface area contributed by atoms with E-state index < -0.39 is 11.9 Å². The molecule has 1 aliphatic rings. The first kappa shape index (κ1) is 15.7. The van der Waals surface area contributed by atoms with Gasteiger partial charge in [-0.15, -0.1) is 0 Å². The maximum absolute atomic E-state index is 12.0. The lowest BCUT2D eigenvalue weighted by Crippen LogP contribution is -2.23. The highest BCUT2D eigenvalue weighted by Gasteiger charge is 2.25. The van der Waals surface area contributed by atoms with Gasteiger partial charge >= 0.3 is 11.9 Å². The number of esters is 2. The summed E-state index contributed by atoms with van der Waals surface area (Å²) in [6.45, 7) is 7.05. The predicted molar refractivity (Wildman–Crippen MR) is 72.5 cm³/mol. The van der Waals surface area contributed by atoms with Crippen LogP contribution in [0.3, 0.4) is 0 Å². The van der Waals surface area contributed by atoms with Crippen molar-refractivity contribution >= 4 is 11.9 Å². The molecule has 0 spiro atoms. The van der Waals surface area contributed by atoms with Gasteiger partial charge in [0, 0.05) is 0 Å². The van der Waals surface area contributed by atoms with Gasteiger partial charge in [0.05, 0.1) is 12.2 Å². The van der Waals surface area contributed by atoms with Gasteiger partial charge in [-0.25, -0.2) is 9.59 Å². The molecule has 4 nitrogen and oxygen atoms in total. The van der Waals surface area contributed by atoms with Crippen molar-refractivity contribution in [2.75, 3.05) is 0 Å². The number of ether oxygens (including phenoxy) is 2. The van der Waals surface area contributed by atoms with Crippen molar-refractivity contribution in [1.29, 1.82) is 0 Å². The van der Waals surface area contributed by atoms with Gasteiger partial charge in [0.1, 0.15) is 5.57 Å². The van der Waals surface area contributed by atoms with E-state index in [-0.39, 0.29) is 23.7 Å². The molecule has 0 saturated heterocycles. The molecule has 108 valence electrons. The van der Waals surface area contributed by atoms with Gasteiger partial charge in [-0.3, -0.25) is 0 Å². The Hall–Kier alpha value is -1.32. The van der Waals surface area contributed by atoms with Crippen molar-refractivity contribution < 1.29 is 19.1 Å². The van der Waals surface area contributed by atoms with E-state index in [9.17, 15) is 9.59 Å². The molecule has 0 aliphatic heterocycles. The van der Waals surface area contributed by atoms with Crippen molar-refractivity contribution in [1.82, 2.24) is 0 Å². The Balaban J connectivity index is 2.82. The molecule has 0 aromatic heterocycles. The second-order valence-corrected chi connectivity index (χ2v) is 5.53. The summed E-state index contributed by atoms with van der Waals surface area (Å²) in [6.07, 6.45) is 5.58. The Bertz CT molecular complexity index is 325. The highest BCUT2D eigenvalue weighted by atomic mass is 16.6. The number of rotatable bonds is 5. The molecule has 0 N–H and O–H groups in total. The Morgan fingerprint density at radius 2 is 1.37 bits per heavy atom. The Morgan fingerprint density at radius 3 is 1.74 bits per heavy atom. The first-order valence-corrected chi connectivity index (χ1v) is 7.04. The third-order valence-corrected chi connectivity index (χ3v) is 2.93. The largest absolute Gasteiger partial charge is 0.459 e. The second-order valence-electron chi connectivity index (χ2n) is 5.53. The van der Waals surface area contributed by atoms with Gasteiger partial charge < -0.3 is 9.47 Å². The quantitative estimate of drug-likeness (QED) is 0.333. The molecule has 0 atom stereocenters. The molecule has 0 bridgehead atoms. The van der Waals surface area contributed by atoms with Crippen LogP contribution in [0.25, 0.3) is 0 Å². The van der Waals surface area contributed by atoms with E-state index >= 15 is 0 Å². The van der Waals surface area contributed by atoms with Gasteiger partial charge in [-0.1, -0.05) is 18.9 Å². The number of carbonyl (C=O) groups excluding carboxylic acids is 2. The van der Waals surface area contributed by atoms with Crippen LogP contribution in [0.4, 0.5) is 0 Å². The highest BCUT2D eigenvalue weighted by molar-refractivity contribution is 6.14. The molecule has 19 heavy (non-hydrogen) atoms. The number of allylic oxidation sites excluding steroid dienone is 1. The first-order valence-electron chi connectivity index (χ1n) is 7.04. The molecule has 4 heteroatoms. The standard InChI is InChI=1S/C15H24O4/c1-10(2)18-14(16)13(15(17)19-11(3)4)9-12-7-5-6-8-12/h9-12H,5-8H2,1-4H3. The third kappa shape index (κ3) is 5.45. The lowest BCUT2D eigenvalue weighted by molar-refractivity contribution is -0.151. The van der Waals surface area contributed by atoms with Crippen LogP contribution in [0.15, 0.2) is 11.6 Å². The summed E-state index contributed by atoms with van der Waals surface area (Å²) in [5, 5.41) is 0. The Kier molecular flexibility index (Phi) is 6.06. The fourth-order valence-electron chi connectivity index (χ4n) is 2.13. The smallest absolute Gasteiger partial charge is 0.345 e. The molecular weight excluding hydrogens is 244 g/mol. The molecule has 0 aromatic carbocycles. The van der Waals surface area contributed by atoms with Crippen LogP contribution >= 0.6 is 0 Å². The number of hydrogen-bond acceptors (Lipinski definition) is 4. The molecule has 1 aliphatic carbocycles. The van der Waals surface area contributed by atoms with Gasteiger partial charge in [-0.05, 0) is 46.5 Å². The molecule has 0 amide bonds. The van der Waals surface area contributed by atoms with E-state index in [4.69, 9.17) is 9.47 Å². The number of carbonyl (C=O) groups is 2. The lowest BCUT2D eigenvalue weighted by Gasteiger charge is -2.14. The van der Waals surface area contributed by atoms with Gasteiger partial charge in [0.15, 0.2) is 0 Å². The summed E-state index contributed by atoms with van der Waals surface area (Å²) in [5.41, 5.74) is 0.0503. The van der Waals surface area contributed by atoms with E-state index in [0.717, 1.165) is 25.7 Å². The van der Waals surface area contributed by atoms with Crippen LogP contribution in [-0.4, -0.2) is 24.1 Å². The summed E-state index contributed by atoms with van der Waals surface area (Å²) in [5.74, 6) is -0.866. The third-order valence-electron chi connectivity index (χ3n) is 2.93. The fourth-order valence-corrected chi connectivity index (χ4v) is 2.13. The van der Waals surface area contributed by atoms with Crippen LogP contribution < -0.4 is 0 Å².